The highest BCUT2D eigenvalue weighted by Crippen LogP contribution is 2.41. The van der Waals surface area contributed by atoms with Gasteiger partial charge in [-0.05, 0) is 67.1 Å². The molecule has 0 spiro atoms. The Morgan fingerprint density at radius 3 is 2.48 bits per heavy atom. The molecule has 1 aliphatic rings. The van der Waals surface area contributed by atoms with Crippen molar-refractivity contribution in [3.05, 3.63) is 69.1 Å². The molecule has 6 nitrogen and oxygen atoms in total. The Morgan fingerprint density at radius 1 is 1.03 bits per heavy atom. The lowest BCUT2D eigenvalue weighted by Gasteiger charge is -2.19. The average molecular weight is 485 g/mol. The molecule has 2 amide bonds. The minimum absolute atomic E-state index is 0.286. The van der Waals surface area contributed by atoms with Crippen LogP contribution in [0.3, 0.4) is 0 Å². The Kier molecular flexibility index (Phi) is 6.91. The second kappa shape index (κ2) is 9.85. The quantitative estimate of drug-likeness (QED) is 0.446. The van der Waals surface area contributed by atoms with E-state index in [4.69, 9.17) is 21.1 Å². The Balaban J connectivity index is 1.68. The van der Waals surface area contributed by atoms with E-state index in [-0.39, 0.29) is 11.8 Å². The monoisotopic (exact) mass is 484 g/mol. The number of ether oxygens (including phenoxy) is 2. The van der Waals surface area contributed by atoms with E-state index in [1.165, 1.54) is 11.3 Å². The number of fused-ring (bicyclic) bond motifs is 1. The Bertz CT molecular complexity index is 1190. The van der Waals surface area contributed by atoms with Gasteiger partial charge in [-0.1, -0.05) is 18.5 Å². The van der Waals surface area contributed by atoms with Gasteiger partial charge in [0.2, 0.25) is 0 Å². The highest BCUT2D eigenvalue weighted by atomic mass is 35.5. The third-order valence-corrected chi connectivity index (χ3v) is 7.15. The van der Waals surface area contributed by atoms with Crippen molar-refractivity contribution >= 4 is 45.4 Å². The van der Waals surface area contributed by atoms with Crippen LogP contribution in [0.4, 0.5) is 10.7 Å². The summed E-state index contributed by atoms with van der Waals surface area (Å²) in [6.07, 6.45) is 2.68. The van der Waals surface area contributed by atoms with Gasteiger partial charge in [-0.3, -0.25) is 9.59 Å². The highest BCUT2D eigenvalue weighted by Gasteiger charge is 2.29. The van der Waals surface area contributed by atoms with Crippen LogP contribution in [-0.2, 0) is 12.8 Å². The van der Waals surface area contributed by atoms with Gasteiger partial charge in [0, 0.05) is 21.5 Å². The Morgan fingerprint density at radius 2 is 1.79 bits per heavy atom. The maximum atomic E-state index is 13.5. The molecule has 0 bridgehead atoms. The molecule has 0 fully saturated rings. The summed E-state index contributed by atoms with van der Waals surface area (Å²) in [7, 11) is 3.11. The van der Waals surface area contributed by atoms with Crippen LogP contribution < -0.4 is 20.1 Å². The summed E-state index contributed by atoms with van der Waals surface area (Å²) in [5.41, 5.74) is 2.49. The van der Waals surface area contributed by atoms with E-state index in [1.807, 2.05) is 0 Å². The van der Waals surface area contributed by atoms with Crippen LogP contribution in [0, 0.1) is 5.92 Å². The van der Waals surface area contributed by atoms with Crippen LogP contribution in [-0.4, -0.2) is 26.0 Å². The van der Waals surface area contributed by atoms with Gasteiger partial charge in [-0.25, -0.2) is 0 Å². The normalized spacial score (nSPS) is 14.8. The molecule has 0 saturated carbocycles. The van der Waals surface area contributed by atoms with Crippen molar-refractivity contribution in [1.82, 2.24) is 0 Å². The smallest absolute Gasteiger partial charge is 0.259 e. The number of benzene rings is 2. The summed E-state index contributed by atoms with van der Waals surface area (Å²) in [6.45, 7) is 2.20. The molecule has 0 aliphatic heterocycles. The molecular weight excluding hydrogens is 460 g/mol. The van der Waals surface area contributed by atoms with Crippen molar-refractivity contribution in [3.8, 4) is 11.5 Å². The van der Waals surface area contributed by atoms with Gasteiger partial charge >= 0.3 is 0 Å². The molecule has 0 radical (unpaired) electrons. The second-order valence-electron chi connectivity index (χ2n) is 8.04. The zero-order valence-electron chi connectivity index (χ0n) is 18.7. The van der Waals surface area contributed by atoms with Gasteiger partial charge in [0.15, 0.2) is 0 Å². The van der Waals surface area contributed by atoms with E-state index in [0.717, 1.165) is 29.7 Å². The fourth-order valence-corrected chi connectivity index (χ4v) is 5.48. The van der Waals surface area contributed by atoms with E-state index in [0.29, 0.717) is 44.3 Å². The van der Waals surface area contributed by atoms with Gasteiger partial charge in [0.1, 0.15) is 16.5 Å². The number of carbonyl (C=O) groups excluding carboxylic acids is 2. The summed E-state index contributed by atoms with van der Waals surface area (Å²) in [4.78, 5) is 27.6. The summed E-state index contributed by atoms with van der Waals surface area (Å²) in [6, 6.07) is 11.9. The second-order valence-corrected chi connectivity index (χ2v) is 9.58. The Labute approximate surface area is 201 Å². The number of methoxy groups -OCH3 is 2. The zero-order valence-corrected chi connectivity index (χ0v) is 20.2. The van der Waals surface area contributed by atoms with E-state index in [2.05, 4.69) is 17.6 Å². The van der Waals surface area contributed by atoms with E-state index >= 15 is 0 Å². The standard InChI is InChI=1S/C25H25ClN2O4S/c1-14-4-10-18-21(12-14)33-25(28-23(29)15-5-7-16(26)8-6-15)22(18)24(30)27-19-13-17(31-2)9-11-20(19)32-3/h5-9,11,13-14H,4,10,12H2,1-3H3,(H,27,30)(H,28,29)/t14-/m1/s1. The summed E-state index contributed by atoms with van der Waals surface area (Å²) in [5, 5.41) is 7.02. The van der Waals surface area contributed by atoms with Crippen molar-refractivity contribution in [3.63, 3.8) is 0 Å². The summed E-state index contributed by atoms with van der Waals surface area (Å²) >= 11 is 7.42. The first kappa shape index (κ1) is 23.1. The number of hydrogen-bond donors (Lipinski definition) is 2. The molecule has 1 atom stereocenters. The van der Waals surface area contributed by atoms with Crippen LogP contribution in [0.1, 0.15) is 44.5 Å². The molecule has 0 unspecified atom stereocenters. The summed E-state index contributed by atoms with van der Waals surface area (Å²) < 4.78 is 10.7. The maximum absolute atomic E-state index is 13.5. The first-order chi connectivity index (χ1) is 15.9. The molecule has 8 heteroatoms. The van der Waals surface area contributed by atoms with E-state index in [9.17, 15) is 9.59 Å². The fourth-order valence-electron chi connectivity index (χ4n) is 3.95. The van der Waals surface area contributed by atoms with Crippen molar-refractivity contribution in [2.24, 2.45) is 5.92 Å². The van der Waals surface area contributed by atoms with Gasteiger partial charge < -0.3 is 20.1 Å². The topological polar surface area (TPSA) is 76.7 Å². The van der Waals surface area contributed by atoms with Gasteiger partial charge in [-0.2, -0.15) is 0 Å². The molecule has 2 aromatic carbocycles. The number of anilines is 2. The molecule has 0 saturated heterocycles. The Hall–Kier alpha value is -3.03. The lowest BCUT2D eigenvalue weighted by atomic mass is 9.88. The van der Waals surface area contributed by atoms with Crippen LogP contribution in [0.2, 0.25) is 5.02 Å². The molecule has 1 aromatic heterocycles. The fraction of sp³-hybridized carbons (Fsp3) is 0.280. The predicted molar refractivity (Wildman–Crippen MR) is 132 cm³/mol. The van der Waals surface area contributed by atoms with E-state index < -0.39 is 0 Å². The lowest BCUT2D eigenvalue weighted by Crippen LogP contribution is -2.19. The molecule has 1 aliphatic carbocycles. The van der Waals surface area contributed by atoms with Crippen molar-refractivity contribution < 1.29 is 19.1 Å². The number of halogens is 1. The first-order valence-electron chi connectivity index (χ1n) is 10.6. The number of thiophene rings is 1. The third kappa shape index (κ3) is 4.99. The van der Waals surface area contributed by atoms with E-state index in [1.54, 1.807) is 56.7 Å². The number of nitrogens with one attached hydrogen (secondary N) is 2. The van der Waals surface area contributed by atoms with Gasteiger partial charge in [0.05, 0.1) is 25.5 Å². The first-order valence-corrected chi connectivity index (χ1v) is 11.8. The number of rotatable bonds is 6. The van der Waals surface area contributed by atoms with Crippen LogP contribution in [0.15, 0.2) is 42.5 Å². The molecule has 33 heavy (non-hydrogen) atoms. The maximum Gasteiger partial charge on any atom is 0.259 e. The molecule has 172 valence electrons. The lowest BCUT2D eigenvalue weighted by molar-refractivity contribution is 0.102. The minimum Gasteiger partial charge on any atom is -0.497 e. The molecular formula is C25H25ClN2O4S. The van der Waals surface area contributed by atoms with Crippen molar-refractivity contribution in [2.75, 3.05) is 24.9 Å². The highest BCUT2D eigenvalue weighted by molar-refractivity contribution is 7.17. The van der Waals surface area contributed by atoms with Crippen molar-refractivity contribution in [1.29, 1.82) is 0 Å². The molecule has 1 heterocycles. The predicted octanol–water partition coefficient (Wildman–Crippen LogP) is 6.05. The third-order valence-electron chi connectivity index (χ3n) is 5.73. The summed E-state index contributed by atoms with van der Waals surface area (Å²) in [5.74, 6) is 1.08. The van der Waals surface area contributed by atoms with Gasteiger partial charge in [-0.15, -0.1) is 11.3 Å². The minimum atomic E-state index is -0.292. The molecule has 3 aromatic rings. The van der Waals surface area contributed by atoms with Crippen LogP contribution in [0.5, 0.6) is 11.5 Å². The molecule has 4 rings (SSSR count). The largest absolute Gasteiger partial charge is 0.497 e. The van der Waals surface area contributed by atoms with Crippen LogP contribution in [0.25, 0.3) is 0 Å². The van der Waals surface area contributed by atoms with Crippen molar-refractivity contribution in [2.45, 2.75) is 26.2 Å². The zero-order chi connectivity index (χ0) is 23.5. The number of carbonyl (C=O) groups is 2. The number of hydrogen-bond acceptors (Lipinski definition) is 5. The van der Waals surface area contributed by atoms with Gasteiger partial charge in [0.25, 0.3) is 11.8 Å². The average Bonchev–Trinajstić information content (AvgIpc) is 3.16. The number of amides is 2. The SMILES string of the molecule is COc1ccc(OC)c(NC(=O)c2c(NC(=O)c3ccc(Cl)cc3)sc3c2CC[C@@H](C)C3)c1. The molecule has 2 N–H and O–H groups in total. The van der Waals surface area contributed by atoms with Crippen LogP contribution >= 0.6 is 22.9 Å².